The Bertz CT molecular complexity index is 901. The lowest BCUT2D eigenvalue weighted by molar-refractivity contribution is -0.132. The number of benzene rings is 2. The first kappa shape index (κ1) is 20.1. The zero-order chi connectivity index (χ0) is 20.2. The Balaban J connectivity index is 1.69. The van der Waals surface area contributed by atoms with Gasteiger partial charge in [-0.15, -0.1) is 0 Å². The second-order valence-corrected chi connectivity index (χ2v) is 9.16. The van der Waals surface area contributed by atoms with Crippen molar-refractivity contribution in [1.82, 2.24) is 9.62 Å². The third kappa shape index (κ3) is 4.54. The molecule has 0 saturated carbocycles. The number of ether oxygens (including phenoxy) is 1. The van der Waals surface area contributed by atoms with E-state index in [-0.39, 0.29) is 18.0 Å². The summed E-state index contributed by atoms with van der Waals surface area (Å²) in [5, 5.41) is 0. The van der Waals surface area contributed by atoms with Crippen LogP contribution in [0.3, 0.4) is 0 Å². The molecule has 4 rings (SSSR count). The van der Waals surface area contributed by atoms with E-state index in [1.165, 1.54) is 5.56 Å². The molecule has 2 heterocycles. The summed E-state index contributed by atoms with van der Waals surface area (Å²) in [4.78, 5) is 14.9. The fourth-order valence-electron chi connectivity index (χ4n) is 4.29. The topological polar surface area (TPSA) is 58.6 Å². The van der Waals surface area contributed by atoms with E-state index in [9.17, 15) is 9.00 Å². The Morgan fingerprint density at radius 2 is 2.07 bits per heavy atom. The van der Waals surface area contributed by atoms with Crippen LogP contribution in [-0.4, -0.2) is 46.0 Å². The van der Waals surface area contributed by atoms with Gasteiger partial charge in [-0.3, -0.25) is 4.79 Å². The molecule has 1 amide bonds. The molecule has 2 bridgehead atoms. The van der Waals surface area contributed by atoms with E-state index in [0.717, 1.165) is 29.7 Å². The molecule has 6 heteroatoms. The van der Waals surface area contributed by atoms with Gasteiger partial charge in [0.15, 0.2) is 0 Å². The van der Waals surface area contributed by atoms with Gasteiger partial charge in [-0.25, -0.2) is 8.93 Å². The smallest absolute Gasteiger partial charge is 0.223 e. The fraction of sp³-hybridized carbons (Fsp3) is 0.435. The number of hydrogen-bond acceptors (Lipinski definition) is 3. The molecule has 1 saturated heterocycles. The minimum atomic E-state index is -1.06. The Kier molecular flexibility index (Phi) is 6.31. The van der Waals surface area contributed by atoms with Crippen molar-refractivity contribution in [2.45, 2.75) is 44.7 Å². The second-order valence-electron chi connectivity index (χ2n) is 7.65. The van der Waals surface area contributed by atoms with Crippen LogP contribution in [0.4, 0.5) is 0 Å². The molecule has 0 aromatic heterocycles. The number of fused-ring (bicyclic) bond motifs is 5. The molecule has 1 N–H and O–H groups in total. The number of nitrogens with zero attached hydrogens (tertiary/aromatic N) is 1. The van der Waals surface area contributed by atoms with Gasteiger partial charge in [-0.05, 0) is 36.5 Å². The van der Waals surface area contributed by atoms with Gasteiger partial charge in [0.05, 0.1) is 23.6 Å². The predicted molar refractivity (Wildman–Crippen MR) is 116 cm³/mol. The van der Waals surface area contributed by atoms with Crippen molar-refractivity contribution in [3.05, 3.63) is 54.1 Å². The van der Waals surface area contributed by atoms with Crippen LogP contribution in [0.25, 0.3) is 11.1 Å². The molecular formula is C23H28N2O3S. The minimum Gasteiger partial charge on any atom is -0.493 e. The fourth-order valence-corrected chi connectivity index (χ4v) is 5.07. The number of hydrogen-bond donors (Lipinski definition) is 1. The molecule has 2 aliphatic heterocycles. The molecule has 2 aromatic rings. The Morgan fingerprint density at radius 3 is 2.93 bits per heavy atom. The van der Waals surface area contributed by atoms with E-state index >= 15 is 0 Å². The highest BCUT2D eigenvalue weighted by Crippen LogP contribution is 2.32. The van der Waals surface area contributed by atoms with E-state index in [1.54, 1.807) is 0 Å². The zero-order valence-electron chi connectivity index (χ0n) is 16.8. The van der Waals surface area contributed by atoms with Crippen molar-refractivity contribution in [3.63, 3.8) is 0 Å². The number of nitrogens with one attached hydrogen (secondary N) is 1. The largest absolute Gasteiger partial charge is 0.493 e. The van der Waals surface area contributed by atoms with Crippen LogP contribution in [0, 0.1) is 0 Å². The first-order valence-electron chi connectivity index (χ1n) is 10.4. The highest BCUT2D eigenvalue weighted by atomic mass is 32.2. The maximum atomic E-state index is 12.9. The van der Waals surface area contributed by atoms with Crippen LogP contribution in [0.1, 0.15) is 31.7 Å². The third-order valence-electron chi connectivity index (χ3n) is 5.77. The lowest BCUT2D eigenvalue weighted by atomic mass is 9.96. The van der Waals surface area contributed by atoms with Gasteiger partial charge in [0.1, 0.15) is 5.75 Å². The van der Waals surface area contributed by atoms with Gasteiger partial charge >= 0.3 is 0 Å². The number of amides is 1. The summed E-state index contributed by atoms with van der Waals surface area (Å²) in [6.45, 7) is 3.14. The number of para-hydroxylation sites is 1. The van der Waals surface area contributed by atoms with Crippen molar-refractivity contribution >= 4 is 16.9 Å². The Labute approximate surface area is 175 Å². The normalized spacial score (nSPS) is 23.1. The maximum absolute atomic E-state index is 12.9. The van der Waals surface area contributed by atoms with E-state index in [1.807, 2.05) is 30.0 Å². The van der Waals surface area contributed by atoms with Crippen LogP contribution in [0.2, 0.25) is 0 Å². The van der Waals surface area contributed by atoms with Crippen molar-refractivity contribution in [1.29, 1.82) is 0 Å². The van der Waals surface area contributed by atoms with E-state index in [2.05, 4.69) is 35.1 Å². The summed E-state index contributed by atoms with van der Waals surface area (Å²) in [6.07, 6.45) is 2.75. The monoisotopic (exact) mass is 412 g/mol. The summed E-state index contributed by atoms with van der Waals surface area (Å²) in [5.74, 6) is 1.59. The highest BCUT2D eigenvalue weighted by Gasteiger charge is 2.37. The summed E-state index contributed by atoms with van der Waals surface area (Å²) < 4.78 is 21.4. The molecule has 2 aliphatic rings. The van der Waals surface area contributed by atoms with Crippen molar-refractivity contribution in [2.24, 2.45) is 0 Å². The predicted octanol–water partition coefficient (Wildman–Crippen LogP) is 3.31. The number of rotatable bonds is 3. The quantitative estimate of drug-likeness (QED) is 0.841. The molecule has 29 heavy (non-hydrogen) atoms. The molecule has 1 unspecified atom stereocenters. The van der Waals surface area contributed by atoms with Crippen LogP contribution in [0.5, 0.6) is 5.75 Å². The van der Waals surface area contributed by atoms with Crippen LogP contribution < -0.4 is 9.46 Å². The van der Waals surface area contributed by atoms with Gasteiger partial charge in [0.25, 0.3) is 0 Å². The molecule has 0 spiro atoms. The maximum Gasteiger partial charge on any atom is 0.223 e. The summed E-state index contributed by atoms with van der Waals surface area (Å²) in [5.41, 5.74) is 3.37. The second kappa shape index (κ2) is 9.09. The molecular weight excluding hydrogens is 384 g/mol. The number of carbonyl (C=O) groups is 1. The average molecular weight is 413 g/mol. The molecule has 1 fully saturated rings. The SMILES string of the molecule is CCS(=O)N[C@@H]1CCN2C(=O)CCCOc3ccccc3-c3cccc(c3)C[C@H]12. The van der Waals surface area contributed by atoms with Crippen molar-refractivity contribution < 1.29 is 13.7 Å². The van der Waals surface area contributed by atoms with E-state index in [4.69, 9.17) is 4.74 Å². The van der Waals surface area contributed by atoms with Crippen LogP contribution in [-0.2, 0) is 22.2 Å². The van der Waals surface area contributed by atoms with Crippen molar-refractivity contribution in [3.8, 4) is 16.9 Å². The summed E-state index contributed by atoms with van der Waals surface area (Å²) in [7, 11) is -1.06. The van der Waals surface area contributed by atoms with Crippen LogP contribution in [0.15, 0.2) is 48.5 Å². The van der Waals surface area contributed by atoms with Gasteiger partial charge in [0.2, 0.25) is 5.91 Å². The highest BCUT2D eigenvalue weighted by molar-refractivity contribution is 7.83. The van der Waals surface area contributed by atoms with Crippen molar-refractivity contribution in [2.75, 3.05) is 18.9 Å². The zero-order valence-corrected chi connectivity index (χ0v) is 17.6. The summed E-state index contributed by atoms with van der Waals surface area (Å²) >= 11 is 0. The van der Waals surface area contributed by atoms with Gasteiger partial charge in [0, 0.05) is 30.3 Å². The van der Waals surface area contributed by atoms with Gasteiger partial charge in [-0.1, -0.05) is 49.4 Å². The first-order chi connectivity index (χ1) is 14.2. The number of carbonyl (C=O) groups excluding carboxylic acids is 1. The molecule has 0 radical (unpaired) electrons. The average Bonchev–Trinajstić information content (AvgIpc) is 3.13. The Hall–Kier alpha value is -2.18. The third-order valence-corrected chi connectivity index (χ3v) is 6.86. The van der Waals surface area contributed by atoms with E-state index < -0.39 is 11.0 Å². The van der Waals surface area contributed by atoms with E-state index in [0.29, 0.717) is 31.7 Å². The van der Waals surface area contributed by atoms with Gasteiger partial charge in [-0.2, -0.15) is 0 Å². The minimum absolute atomic E-state index is 0.0187. The molecule has 154 valence electrons. The molecule has 0 aliphatic carbocycles. The standard InChI is InChI=1S/C23H28N2O3S/c1-2-29(27)24-20-12-13-25-21(20)16-17-7-5-8-18(15-17)19-9-3-4-10-22(19)28-14-6-11-23(25)26/h3-5,7-10,15,20-21,24H,2,6,11-14,16H2,1H3/t20-,21-,29?/m1/s1. The lowest BCUT2D eigenvalue weighted by Gasteiger charge is -2.29. The molecule has 3 atom stereocenters. The lowest BCUT2D eigenvalue weighted by Crippen LogP contribution is -2.46. The first-order valence-corrected chi connectivity index (χ1v) is 11.7. The van der Waals surface area contributed by atoms with Crippen LogP contribution >= 0.6 is 0 Å². The summed E-state index contributed by atoms with van der Waals surface area (Å²) in [6, 6.07) is 16.6. The van der Waals surface area contributed by atoms with Gasteiger partial charge < -0.3 is 9.64 Å². The molecule has 5 nitrogen and oxygen atoms in total. The molecule has 2 aromatic carbocycles. The Morgan fingerprint density at radius 1 is 1.21 bits per heavy atom.